The molecule has 3 heterocycles. The number of H-pyrrole nitrogens is 1. The van der Waals surface area contributed by atoms with Crippen LogP contribution >= 0.6 is 0 Å². The Morgan fingerprint density at radius 2 is 2.12 bits per heavy atom. The van der Waals surface area contributed by atoms with Crippen LogP contribution in [0.5, 0.6) is 0 Å². The number of amides is 2. The monoisotopic (exact) mass is 360 g/mol. The topological polar surface area (TPSA) is 86.4 Å². The van der Waals surface area contributed by atoms with Gasteiger partial charge in [0.25, 0.3) is 5.91 Å². The molecule has 0 aliphatic carbocycles. The van der Waals surface area contributed by atoms with E-state index in [2.05, 4.69) is 17.1 Å². The molecule has 7 heteroatoms. The second kappa shape index (κ2) is 7.60. The molecule has 2 amide bonds. The summed E-state index contributed by atoms with van der Waals surface area (Å²) in [6, 6.07) is 1.53. The molecule has 26 heavy (non-hydrogen) atoms. The maximum atomic E-state index is 12.8. The van der Waals surface area contributed by atoms with Crippen molar-refractivity contribution < 1.29 is 14.4 Å². The van der Waals surface area contributed by atoms with E-state index in [1.165, 1.54) is 13.0 Å². The number of nitrogens with zero attached hydrogens (tertiary/aromatic N) is 3. The van der Waals surface area contributed by atoms with Crippen LogP contribution in [0.1, 0.15) is 73.3 Å². The van der Waals surface area contributed by atoms with E-state index in [0.717, 1.165) is 45.2 Å². The van der Waals surface area contributed by atoms with Gasteiger partial charge in [0.1, 0.15) is 11.4 Å². The number of ketones is 1. The molecule has 0 radical (unpaired) electrons. The molecule has 0 bridgehead atoms. The van der Waals surface area contributed by atoms with E-state index in [4.69, 9.17) is 0 Å². The number of nitrogens with one attached hydrogen (secondary N) is 1. The van der Waals surface area contributed by atoms with E-state index in [9.17, 15) is 14.4 Å². The van der Waals surface area contributed by atoms with Gasteiger partial charge in [-0.25, -0.2) is 0 Å². The first-order valence-electron chi connectivity index (χ1n) is 9.57. The number of aromatic amines is 1. The molecule has 1 atom stereocenters. The summed E-state index contributed by atoms with van der Waals surface area (Å²) in [7, 11) is 0. The van der Waals surface area contributed by atoms with Crippen LogP contribution in [0.25, 0.3) is 0 Å². The third kappa shape index (κ3) is 3.81. The maximum Gasteiger partial charge on any atom is 0.271 e. The lowest BCUT2D eigenvalue weighted by Crippen LogP contribution is -2.55. The molecule has 2 aliphatic heterocycles. The Morgan fingerprint density at radius 3 is 2.81 bits per heavy atom. The van der Waals surface area contributed by atoms with Gasteiger partial charge in [-0.05, 0) is 31.7 Å². The van der Waals surface area contributed by atoms with E-state index in [1.807, 2.05) is 9.80 Å². The molecule has 142 valence electrons. The molecule has 1 aromatic heterocycles. The SMILES string of the molecule is CCCCN1C[C@]2(CCCN(C(=O)c3cc(C(C)=O)n[nH]3)C2)CCC1=O. The molecule has 1 spiro atoms. The summed E-state index contributed by atoms with van der Waals surface area (Å²) in [5, 5.41) is 6.61. The molecule has 7 nitrogen and oxygen atoms in total. The highest BCUT2D eigenvalue weighted by Crippen LogP contribution is 2.39. The summed E-state index contributed by atoms with van der Waals surface area (Å²) >= 11 is 0. The first-order valence-corrected chi connectivity index (χ1v) is 9.57. The third-order valence-electron chi connectivity index (χ3n) is 5.65. The summed E-state index contributed by atoms with van der Waals surface area (Å²) in [4.78, 5) is 40.3. The van der Waals surface area contributed by atoms with Gasteiger partial charge in [-0.15, -0.1) is 0 Å². The first kappa shape index (κ1) is 18.6. The van der Waals surface area contributed by atoms with E-state index in [0.29, 0.717) is 25.2 Å². The number of carbonyl (C=O) groups excluding carboxylic acids is 3. The molecule has 3 rings (SSSR count). The van der Waals surface area contributed by atoms with Crippen LogP contribution in [0.15, 0.2) is 6.07 Å². The van der Waals surface area contributed by atoms with Crippen LogP contribution in [0, 0.1) is 5.41 Å². The van der Waals surface area contributed by atoms with Crippen molar-refractivity contribution in [3.63, 3.8) is 0 Å². The summed E-state index contributed by atoms with van der Waals surface area (Å²) < 4.78 is 0. The van der Waals surface area contributed by atoms with E-state index >= 15 is 0 Å². The minimum atomic E-state index is -0.159. The van der Waals surface area contributed by atoms with Gasteiger partial charge >= 0.3 is 0 Å². The fourth-order valence-corrected chi connectivity index (χ4v) is 4.15. The summed E-state index contributed by atoms with van der Waals surface area (Å²) in [5.41, 5.74) is 0.648. The average Bonchev–Trinajstić information content (AvgIpc) is 3.13. The predicted octanol–water partition coefficient (Wildman–Crippen LogP) is 2.26. The van der Waals surface area contributed by atoms with Gasteiger partial charge in [-0.3, -0.25) is 19.5 Å². The maximum absolute atomic E-state index is 12.8. The molecule has 0 saturated carbocycles. The molecule has 1 N–H and O–H groups in total. The Bertz CT molecular complexity index is 699. The lowest BCUT2D eigenvalue weighted by Gasteiger charge is -2.48. The standard InChI is InChI=1S/C19H28N4O3/c1-3-4-9-22-12-19(8-6-17(22)25)7-5-10-23(13-19)18(26)16-11-15(14(2)24)20-21-16/h11H,3-10,12-13H2,1-2H3,(H,20,21)/t19-/m0/s1. The number of rotatable bonds is 5. The second-order valence-electron chi connectivity index (χ2n) is 7.72. The fourth-order valence-electron chi connectivity index (χ4n) is 4.15. The van der Waals surface area contributed by atoms with Crippen LogP contribution in [-0.4, -0.2) is 63.8 Å². The molecular weight excluding hydrogens is 332 g/mol. The van der Waals surface area contributed by atoms with Crippen molar-refractivity contribution in [1.82, 2.24) is 20.0 Å². The zero-order chi connectivity index (χ0) is 18.7. The Kier molecular flexibility index (Phi) is 5.44. The Morgan fingerprint density at radius 1 is 1.31 bits per heavy atom. The van der Waals surface area contributed by atoms with Crippen molar-refractivity contribution in [1.29, 1.82) is 0 Å². The van der Waals surface area contributed by atoms with E-state index in [1.54, 1.807) is 0 Å². The Balaban J connectivity index is 1.70. The van der Waals surface area contributed by atoms with Gasteiger partial charge in [0.05, 0.1) is 0 Å². The number of carbonyl (C=O) groups is 3. The number of hydrogen-bond acceptors (Lipinski definition) is 4. The van der Waals surface area contributed by atoms with E-state index in [-0.39, 0.29) is 28.7 Å². The van der Waals surface area contributed by atoms with Crippen LogP contribution in [-0.2, 0) is 4.79 Å². The fraction of sp³-hybridized carbons (Fsp3) is 0.684. The predicted molar refractivity (Wildman–Crippen MR) is 96.9 cm³/mol. The minimum Gasteiger partial charge on any atom is -0.342 e. The molecule has 0 unspecified atom stereocenters. The van der Waals surface area contributed by atoms with Crippen LogP contribution in [0.4, 0.5) is 0 Å². The highest BCUT2D eigenvalue weighted by Gasteiger charge is 2.42. The molecule has 2 saturated heterocycles. The zero-order valence-corrected chi connectivity index (χ0v) is 15.7. The number of hydrogen-bond donors (Lipinski definition) is 1. The number of unbranched alkanes of at least 4 members (excludes halogenated alkanes) is 1. The molecule has 2 fully saturated rings. The van der Waals surface area contributed by atoms with Gasteiger partial charge in [-0.1, -0.05) is 13.3 Å². The second-order valence-corrected chi connectivity index (χ2v) is 7.72. The lowest BCUT2D eigenvalue weighted by atomic mass is 9.73. The number of aromatic nitrogens is 2. The average molecular weight is 360 g/mol. The number of piperidine rings is 2. The van der Waals surface area contributed by atoms with Crippen molar-refractivity contribution in [2.24, 2.45) is 5.41 Å². The van der Waals surface area contributed by atoms with Crippen molar-refractivity contribution in [2.75, 3.05) is 26.2 Å². The molecule has 1 aromatic rings. The third-order valence-corrected chi connectivity index (χ3v) is 5.65. The van der Waals surface area contributed by atoms with Gasteiger partial charge < -0.3 is 9.80 Å². The van der Waals surface area contributed by atoms with Crippen molar-refractivity contribution in [3.05, 3.63) is 17.5 Å². The quantitative estimate of drug-likeness (QED) is 0.816. The lowest BCUT2D eigenvalue weighted by molar-refractivity contribution is -0.139. The first-order chi connectivity index (χ1) is 12.4. The molecule has 0 aromatic carbocycles. The molecule has 2 aliphatic rings. The van der Waals surface area contributed by atoms with Crippen molar-refractivity contribution >= 4 is 17.6 Å². The van der Waals surface area contributed by atoms with Gasteiger partial charge in [0.2, 0.25) is 5.91 Å². The number of Topliss-reactive ketones (excluding diaryl/α,β-unsaturated/α-hetero) is 1. The highest BCUT2D eigenvalue weighted by atomic mass is 16.2. The largest absolute Gasteiger partial charge is 0.342 e. The van der Waals surface area contributed by atoms with Crippen LogP contribution in [0.3, 0.4) is 0 Å². The van der Waals surface area contributed by atoms with Gasteiger partial charge in [0, 0.05) is 44.9 Å². The number of likely N-dealkylation sites (tertiary alicyclic amines) is 2. The minimum absolute atomic E-state index is 0.00100. The highest BCUT2D eigenvalue weighted by molar-refractivity contribution is 5.97. The molecular formula is C19H28N4O3. The van der Waals surface area contributed by atoms with Crippen molar-refractivity contribution in [2.45, 2.75) is 52.4 Å². The Labute approximate surface area is 154 Å². The van der Waals surface area contributed by atoms with Gasteiger partial charge in [0.15, 0.2) is 5.78 Å². The smallest absolute Gasteiger partial charge is 0.271 e. The summed E-state index contributed by atoms with van der Waals surface area (Å²) in [5.74, 6) is -0.0268. The van der Waals surface area contributed by atoms with Crippen LogP contribution < -0.4 is 0 Å². The van der Waals surface area contributed by atoms with Crippen molar-refractivity contribution in [3.8, 4) is 0 Å². The Hall–Kier alpha value is -2.18. The van der Waals surface area contributed by atoms with E-state index < -0.39 is 0 Å². The van der Waals surface area contributed by atoms with Gasteiger partial charge in [-0.2, -0.15) is 5.10 Å². The zero-order valence-electron chi connectivity index (χ0n) is 15.7. The normalized spacial score (nSPS) is 23.5. The van der Waals surface area contributed by atoms with Crippen LogP contribution in [0.2, 0.25) is 0 Å². The summed E-state index contributed by atoms with van der Waals surface area (Å²) in [6.45, 7) is 6.49. The summed E-state index contributed by atoms with van der Waals surface area (Å²) in [6.07, 6.45) is 5.50.